The van der Waals surface area contributed by atoms with Crippen molar-refractivity contribution in [1.29, 1.82) is 0 Å². The first kappa shape index (κ1) is 10.3. The van der Waals surface area contributed by atoms with Crippen LogP contribution in [0.2, 0.25) is 0 Å². The zero-order valence-electron chi connectivity index (χ0n) is 7.33. The third-order valence-electron chi connectivity index (χ3n) is 2.32. The predicted molar refractivity (Wildman–Crippen MR) is 49.8 cm³/mol. The minimum absolute atomic E-state index is 0.00951. The third kappa shape index (κ3) is 2.12. The molecule has 3 nitrogen and oxygen atoms in total. The molecule has 0 amide bonds. The lowest BCUT2D eigenvalue weighted by Crippen LogP contribution is -2.27. The molecule has 2 atom stereocenters. The molecule has 5 heteroatoms. The molecule has 0 aromatic heterocycles. The lowest BCUT2D eigenvalue weighted by Gasteiger charge is -2.11. The van der Waals surface area contributed by atoms with Crippen LogP contribution in [-0.2, 0) is 10.0 Å². The second kappa shape index (κ2) is 3.52. The molecule has 12 heavy (non-hydrogen) atoms. The standard InChI is InChI=1S/C7H14ClNO2S/c1-3-6-4-9(5-7(6)8)12(2,10)11/h6-7H,3-5H2,1-2H3. The van der Waals surface area contributed by atoms with E-state index in [0.29, 0.717) is 19.0 Å². The Balaban J connectivity index is 2.67. The third-order valence-corrected chi connectivity index (χ3v) is 4.05. The molecule has 0 aromatic rings. The van der Waals surface area contributed by atoms with E-state index < -0.39 is 10.0 Å². The van der Waals surface area contributed by atoms with Crippen molar-refractivity contribution in [2.24, 2.45) is 5.92 Å². The van der Waals surface area contributed by atoms with Gasteiger partial charge in [-0.05, 0) is 5.92 Å². The summed E-state index contributed by atoms with van der Waals surface area (Å²) in [5, 5.41) is -0.00951. The fraction of sp³-hybridized carbons (Fsp3) is 1.00. The van der Waals surface area contributed by atoms with Crippen molar-refractivity contribution in [2.75, 3.05) is 19.3 Å². The van der Waals surface area contributed by atoms with Crippen LogP contribution in [0.15, 0.2) is 0 Å². The molecule has 1 aliphatic rings. The fourth-order valence-corrected chi connectivity index (χ4v) is 2.85. The molecule has 1 heterocycles. The maximum absolute atomic E-state index is 11.1. The molecule has 1 fully saturated rings. The van der Waals surface area contributed by atoms with Gasteiger partial charge in [0.05, 0.1) is 11.6 Å². The highest BCUT2D eigenvalue weighted by Crippen LogP contribution is 2.25. The van der Waals surface area contributed by atoms with Crippen molar-refractivity contribution in [2.45, 2.75) is 18.7 Å². The van der Waals surface area contributed by atoms with E-state index in [-0.39, 0.29) is 5.38 Å². The Hall–Kier alpha value is 0.200. The number of sulfonamides is 1. The monoisotopic (exact) mass is 211 g/mol. The van der Waals surface area contributed by atoms with E-state index >= 15 is 0 Å². The van der Waals surface area contributed by atoms with Gasteiger partial charge >= 0.3 is 0 Å². The largest absolute Gasteiger partial charge is 0.213 e. The molecule has 0 spiro atoms. The number of halogens is 1. The number of hydrogen-bond donors (Lipinski definition) is 0. The molecule has 72 valence electrons. The van der Waals surface area contributed by atoms with Gasteiger partial charge in [-0.15, -0.1) is 11.6 Å². The van der Waals surface area contributed by atoms with Gasteiger partial charge < -0.3 is 0 Å². The fourth-order valence-electron chi connectivity index (χ4n) is 1.45. The van der Waals surface area contributed by atoms with E-state index in [2.05, 4.69) is 0 Å². The molecule has 0 bridgehead atoms. The molecule has 0 N–H and O–H groups in total. The molecule has 0 saturated carbocycles. The van der Waals surface area contributed by atoms with Crippen LogP contribution in [-0.4, -0.2) is 37.4 Å². The minimum Gasteiger partial charge on any atom is -0.213 e. The first-order valence-electron chi connectivity index (χ1n) is 4.04. The summed E-state index contributed by atoms with van der Waals surface area (Å²) in [7, 11) is -3.03. The van der Waals surface area contributed by atoms with Crippen LogP contribution in [0.3, 0.4) is 0 Å². The minimum atomic E-state index is -3.03. The summed E-state index contributed by atoms with van der Waals surface area (Å²) in [6.45, 7) is 3.09. The van der Waals surface area contributed by atoms with Crippen molar-refractivity contribution >= 4 is 21.6 Å². The molecule has 0 aliphatic carbocycles. The molecule has 1 saturated heterocycles. The molecular formula is C7H14ClNO2S. The Labute approximate surface area is 78.7 Å². The molecule has 1 rings (SSSR count). The first-order valence-corrected chi connectivity index (χ1v) is 6.32. The van der Waals surface area contributed by atoms with E-state index in [9.17, 15) is 8.42 Å². The van der Waals surface area contributed by atoms with Gasteiger partial charge in [0.2, 0.25) is 10.0 Å². The van der Waals surface area contributed by atoms with E-state index in [1.165, 1.54) is 10.6 Å². The van der Waals surface area contributed by atoms with E-state index in [1.54, 1.807) is 0 Å². The van der Waals surface area contributed by atoms with Crippen LogP contribution in [0.1, 0.15) is 13.3 Å². The SMILES string of the molecule is CCC1CN(S(C)(=O)=O)CC1Cl. The van der Waals surface area contributed by atoms with Gasteiger partial charge in [-0.1, -0.05) is 13.3 Å². The Morgan fingerprint density at radius 3 is 2.33 bits per heavy atom. The summed E-state index contributed by atoms with van der Waals surface area (Å²) in [5.41, 5.74) is 0. The van der Waals surface area contributed by atoms with E-state index in [0.717, 1.165) is 6.42 Å². The van der Waals surface area contributed by atoms with Crippen molar-refractivity contribution in [3.8, 4) is 0 Å². The van der Waals surface area contributed by atoms with Gasteiger partial charge in [0.15, 0.2) is 0 Å². The average Bonchev–Trinajstić information content (AvgIpc) is 2.29. The zero-order valence-corrected chi connectivity index (χ0v) is 8.90. The predicted octanol–water partition coefficient (Wildman–Crippen LogP) is 0.895. The molecule has 2 unspecified atom stereocenters. The lowest BCUT2D eigenvalue weighted by atomic mass is 10.1. The molecule has 1 aliphatic heterocycles. The average molecular weight is 212 g/mol. The van der Waals surface area contributed by atoms with Crippen LogP contribution in [0.25, 0.3) is 0 Å². The summed E-state index contributed by atoms with van der Waals surface area (Å²) in [6, 6.07) is 0. The van der Waals surface area contributed by atoms with Gasteiger partial charge in [0.25, 0.3) is 0 Å². The Morgan fingerprint density at radius 2 is 2.08 bits per heavy atom. The Bertz CT molecular complexity index is 252. The van der Waals surface area contributed by atoms with Crippen LogP contribution in [0.5, 0.6) is 0 Å². The summed E-state index contributed by atoms with van der Waals surface area (Å²) in [5.74, 6) is 0.321. The summed E-state index contributed by atoms with van der Waals surface area (Å²) in [4.78, 5) is 0. The van der Waals surface area contributed by atoms with E-state index in [4.69, 9.17) is 11.6 Å². The van der Waals surface area contributed by atoms with Crippen LogP contribution < -0.4 is 0 Å². The highest BCUT2D eigenvalue weighted by molar-refractivity contribution is 7.88. The summed E-state index contributed by atoms with van der Waals surface area (Å²) in [6.07, 6.45) is 2.18. The second-order valence-corrected chi connectivity index (χ2v) is 5.81. The number of rotatable bonds is 2. The van der Waals surface area contributed by atoms with Gasteiger partial charge in [-0.2, -0.15) is 0 Å². The quantitative estimate of drug-likeness (QED) is 0.637. The van der Waals surface area contributed by atoms with Crippen molar-refractivity contribution < 1.29 is 8.42 Å². The summed E-state index contributed by atoms with van der Waals surface area (Å²) >= 11 is 5.97. The van der Waals surface area contributed by atoms with Gasteiger partial charge in [0.1, 0.15) is 0 Å². The van der Waals surface area contributed by atoms with Crippen LogP contribution >= 0.6 is 11.6 Å². The smallest absolute Gasteiger partial charge is 0.211 e. The van der Waals surface area contributed by atoms with Crippen LogP contribution in [0.4, 0.5) is 0 Å². The van der Waals surface area contributed by atoms with Gasteiger partial charge in [-0.25, -0.2) is 12.7 Å². The Kier molecular flexibility index (Phi) is 3.01. The normalized spacial score (nSPS) is 32.6. The van der Waals surface area contributed by atoms with E-state index in [1.807, 2.05) is 6.92 Å². The van der Waals surface area contributed by atoms with Gasteiger partial charge in [-0.3, -0.25) is 0 Å². The second-order valence-electron chi connectivity index (χ2n) is 3.26. The molecular weight excluding hydrogens is 198 g/mol. The van der Waals surface area contributed by atoms with Crippen molar-refractivity contribution in [1.82, 2.24) is 4.31 Å². The molecule has 0 aromatic carbocycles. The maximum atomic E-state index is 11.1. The highest BCUT2D eigenvalue weighted by atomic mass is 35.5. The number of nitrogens with zero attached hydrogens (tertiary/aromatic N) is 1. The first-order chi connectivity index (χ1) is 5.45. The maximum Gasteiger partial charge on any atom is 0.211 e. The van der Waals surface area contributed by atoms with Crippen LogP contribution in [0, 0.1) is 5.92 Å². The van der Waals surface area contributed by atoms with Crippen molar-refractivity contribution in [3.05, 3.63) is 0 Å². The zero-order chi connectivity index (χ0) is 9.35. The lowest BCUT2D eigenvalue weighted by molar-refractivity contribution is 0.457. The topological polar surface area (TPSA) is 37.4 Å². The van der Waals surface area contributed by atoms with Gasteiger partial charge in [0, 0.05) is 13.1 Å². The number of alkyl halides is 1. The summed E-state index contributed by atoms with van der Waals surface area (Å²) < 4.78 is 23.7. The molecule has 0 radical (unpaired) electrons. The Morgan fingerprint density at radius 1 is 1.50 bits per heavy atom. The highest BCUT2D eigenvalue weighted by Gasteiger charge is 2.34. The number of hydrogen-bond acceptors (Lipinski definition) is 2. The van der Waals surface area contributed by atoms with Crippen molar-refractivity contribution in [3.63, 3.8) is 0 Å².